The second-order valence-corrected chi connectivity index (χ2v) is 7.52. The molecule has 0 bridgehead atoms. The number of carboxylic acids is 1. The standard InChI is InChI=1S/C9H8N2O6S2/c1-18(14,15)7-5(4-10)3-6(9(12)13)8(11-7)19(2,16)17/h3H,1-2H3,(H,12,13). The molecule has 1 heterocycles. The maximum atomic E-state index is 11.4. The summed E-state index contributed by atoms with van der Waals surface area (Å²) in [7, 11) is -8.01. The van der Waals surface area contributed by atoms with E-state index in [1.807, 2.05) is 0 Å². The van der Waals surface area contributed by atoms with Crippen LogP contribution in [0.4, 0.5) is 0 Å². The zero-order valence-electron chi connectivity index (χ0n) is 9.78. The molecule has 10 heteroatoms. The first-order chi connectivity index (χ1) is 8.48. The highest BCUT2D eigenvalue weighted by Crippen LogP contribution is 2.20. The molecule has 102 valence electrons. The molecule has 0 aliphatic rings. The lowest BCUT2D eigenvalue weighted by atomic mass is 10.2. The van der Waals surface area contributed by atoms with E-state index in [9.17, 15) is 21.6 Å². The number of hydrogen-bond acceptors (Lipinski definition) is 7. The summed E-state index contributed by atoms with van der Waals surface area (Å²) in [6, 6.07) is 2.16. The molecule has 0 aromatic carbocycles. The van der Waals surface area contributed by atoms with E-state index in [0.717, 1.165) is 6.26 Å². The van der Waals surface area contributed by atoms with Crippen molar-refractivity contribution in [1.82, 2.24) is 4.98 Å². The number of pyridine rings is 1. The molecule has 0 saturated carbocycles. The summed E-state index contributed by atoms with van der Waals surface area (Å²) in [5.74, 6) is -1.62. The third-order valence-corrected chi connectivity index (χ3v) is 4.03. The highest BCUT2D eigenvalue weighted by Gasteiger charge is 2.26. The summed E-state index contributed by atoms with van der Waals surface area (Å²) >= 11 is 0. The fourth-order valence-electron chi connectivity index (χ4n) is 1.28. The van der Waals surface area contributed by atoms with Crippen LogP contribution in [-0.4, -0.2) is 45.4 Å². The van der Waals surface area contributed by atoms with Crippen LogP contribution in [0.3, 0.4) is 0 Å². The van der Waals surface area contributed by atoms with Gasteiger partial charge in [0.05, 0.1) is 11.1 Å². The fourth-order valence-corrected chi connectivity index (χ4v) is 2.90. The quantitative estimate of drug-likeness (QED) is 0.784. The van der Waals surface area contributed by atoms with Gasteiger partial charge in [0, 0.05) is 12.5 Å². The average molecular weight is 304 g/mol. The second kappa shape index (κ2) is 4.60. The van der Waals surface area contributed by atoms with E-state index in [-0.39, 0.29) is 0 Å². The highest BCUT2D eigenvalue weighted by molar-refractivity contribution is 7.91. The van der Waals surface area contributed by atoms with Crippen molar-refractivity contribution in [2.45, 2.75) is 10.1 Å². The van der Waals surface area contributed by atoms with Crippen molar-refractivity contribution < 1.29 is 26.7 Å². The van der Waals surface area contributed by atoms with Crippen LogP contribution in [0.1, 0.15) is 15.9 Å². The first-order valence-electron chi connectivity index (χ1n) is 4.57. The molecular formula is C9H8N2O6S2. The monoisotopic (exact) mass is 304 g/mol. The Balaban J connectivity index is 3.95. The van der Waals surface area contributed by atoms with E-state index in [2.05, 4.69) is 4.98 Å². The number of hydrogen-bond donors (Lipinski definition) is 1. The van der Waals surface area contributed by atoms with E-state index in [1.54, 1.807) is 0 Å². The Kier molecular flexibility index (Phi) is 3.65. The predicted octanol–water partition coefficient (Wildman–Crippen LogP) is -0.542. The van der Waals surface area contributed by atoms with Crippen LogP contribution >= 0.6 is 0 Å². The molecule has 0 amide bonds. The van der Waals surface area contributed by atoms with Gasteiger partial charge in [-0.25, -0.2) is 26.6 Å². The molecule has 8 nitrogen and oxygen atoms in total. The molecule has 1 aromatic heterocycles. The Labute approximate surface area is 109 Å². The molecule has 0 aliphatic carbocycles. The second-order valence-electron chi connectivity index (χ2n) is 3.66. The van der Waals surface area contributed by atoms with Gasteiger partial charge >= 0.3 is 5.97 Å². The molecule has 0 atom stereocenters. The maximum Gasteiger partial charge on any atom is 0.338 e. The van der Waals surface area contributed by atoms with Crippen LogP contribution in [0.15, 0.2) is 16.1 Å². The van der Waals surface area contributed by atoms with Crippen LogP contribution in [0.5, 0.6) is 0 Å². The van der Waals surface area contributed by atoms with Crippen LogP contribution < -0.4 is 0 Å². The smallest absolute Gasteiger partial charge is 0.338 e. The number of aromatic carboxylic acids is 1. The topological polar surface area (TPSA) is 142 Å². The van der Waals surface area contributed by atoms with E-state index >= 15 is 0 Å². The zero-order chi connectivity index (χ0) is 15.0. The number of carboxylic acid groups (broad SMARTS) is 1. The molecule has 1 aromatic rings. The Morgan fingerprint density at radius 3 is 2.00 bits per heavy atom. The Bertz CT molecular complexity index is 802. The molecule has 19 heavy (non-hydrogen) atoms. The molecule has 0 fully saturated rings. The largest absolute Gasteiger partial charge is 0.478 e. The summed E-state index contributed by atoms with van der Waals surface area (Å²) in [6.45, 7) is 0. The van der Waals surface area contributed by atoms with Crippen LogP contribution in [0.25, 0.3) is 0 Å². The number of nitriles is 1. The lowest BCUT2D eigenvalue weighted by Gasteiger charge is -2.07. The van der Waals surface area contributed by atoms with Gasteiger partial charge < -0.3 is 5.11 Å². The Morgan fingerprint density at radius 1 is 1.21 bits per heavy atom. The van der Waals surface area contributed by atoms with Crippen LogP contribution in [-0.2, 0) is 19.7 Å². The van der Waals surface area contributed by atoms with Gasteiger partial charge in [-0.05, 0) is 6.07 Å². The van der Waals surface area contributed by atoms with E-state index in [4.69, 9.17) is 10.4 Å². The molecule has 1 rings (SSSR count). The summed E-state index contributed by atoms with van der Waals surface area (Å²) in [5.41, 5.74) is -1.27. The summed E-state index contributed by atoms with van der Waals surface area (Å²) in [4.78, 5) is 14.3. The first kappa shape index (κ1) is 15.1. The third kappa shape index (κ3) is 3.07. The number of carbonyl (C=O) groups is 1. The van der Waals surface area contributed by atoms with Crippen LogP contribution in [0, 0.1) is 11.3 Å². The van der Waals surface area contributed by atoms with Gasteiger partial charge in [-0.1, -0.05) is 0 Å². The Hall–Kier alpha value is -1.99. The maximum absolute atomic E-state index is 11.4. The van der Waals surface area contributed by atoms with Gasteiger partial charge in [0.15, 0.2) is 29.7 Å². The van der Waals surface area contributed by atoms with Crippen molar-refractivity contribution in [3.05, 3.63) is 17.2 Å². The molecular weight excluding hydrogens is 296 g/mol. The van der Waals surface area contributed by atoms with Gasteiger partial charge in [0.1, 0.15) is 6.07 Å². The van der Waals surface area contributed by atoms with Crippen LogP contribution in [0.2, 0.25) is 0 Å². The minimum atomic E-state index is -4.05. The van der Waals surface area contributed by atoms with E-state index in [0.29, 0.717) is 12.3 Å². The van der Waals surface area contributed by atoms with Crippen molar-refractivity contribution in [3.63, 3.8) is 0 Å². The van der Waals surface area contributed by atoms with Crippen molar-refractivity contribution >= 4 is 25.6 Å². The van der Waals surface area contributed by atoms with Gasteiger partial charge in [0.2, 0.25) is 0 Å². The molecule has 0 unspecified atom stereocenters. The van der Waals surface area contributed by atoms with Crippen molar-refractivity contribution in [2.24, 2.45) is 0 Å². The third-order valence-electron chi connectivity index (χ3n) is 2.01. The number of rotatable bonds is 3. The van der Waals surface area contributed by atoms with Gasteiger partial charge in [-0.15, -0.1) is 0 Å². The minimum Gasteiger partial charge on any atom is -0.478 e. The molecule has 1 N–H and O–H groups in total. The van der Waals surface area contributed by atoms with Gasteiger partial charge in [-0.3, -0.25) is 0 Å². The molecule has 0 spiro atoms. The van der Waals surface area contributed by atoms with Crippen molar-refractivity contribution in [1.29, 1.82) is 5.26 Å². The molecule has 0 radical (unpaired) electrons. The van der Waals surface area contributed by atoms with Gasteiger partial charge in [-0.2, -0.15) is 5.26 Å². The zero-order valence-corrected chi connectivity index (χ0v) is 11.4. The molecule has 0 aliphatic heterocycles. The van der Waals surface area contributed by atoms with Crippen molar-refractivity contribution in [2.75, 3.05) is 12.5 Å². The summed E-state index contributed by atoms with van der Waals surface area (Å²) in [5, 5.41) is 16.0. The highest BCUT2D eigenvalue weighted by atomic mass is 32.2. The summed E-state index contributed by atoms with van der Waals surface area (Å²) in [6.07, 6.45) is 1.43. The minimum absolute atomic E-state index is 0.521. The lowest BCUT2D eigenvalue weighted by molar-refractivity contribution is 0.0691. The SMILES string of the molecule is CS(=O)(=O)c1nc(S(C)(=O)=O)c(C(=O)O)cc1C#N. The Morgan fingerprint density at radius 2 is 1.68 bits per heavy atom. The van der Waals surface area contributed by atoms with E-state index < -0.39 is 46.8 Å². The average Bonchev–Trinajstić information content (AvgIpc) is 2.24. The number of nitrogens with zero attached hydrogens (tertiary/aromatic N) is 2. The lowest BCUT2D eigenvalue weighted by Crippen LogP contribution is -2.15. The van der Waals surface area contributed by atoms with Crippen molar-refractivity contribution in [3.8, 4) is 6.07 Å². The van der Waals surface area contributed by atoms with E-state index in [1.165, 1.54) is 6.07 Å². The number of sulfone groups is 2. The van der Waals surface area contributed by atoms with Gasteiger partial charge in [0.25, 0.3) is 0 Å². The normalized spacial score (nSPS) is 11.8. The first-order valence-corrected chi connectivity index (χ1v) is 8.35. The number of aromatic nitrogens is 1. The predicted molar refractivity (Wildman–Crippen MR) is 62.1 cm³/mol. The fraction of sp³-hybridized carbons (Fsp3) is 0.222. The summed E-state index contributed by atoms with van der Waals surface area (Å²) < 4.78 is 45.7. The molecule has 0 saturated heterocycles.